The fraction of sp³-hybridized carbons (Fsp3) is 1.00. The highest BCUT2D eigenvalue weighted by molar-refractivity contribution is 4.73. The maximum absolute atomic E-state index is 6.02. The van der Waals surface area contributed by atoms with E-state index in [0.717, 1.165) is 19.5 Å². The van der Waals surface area contributed by atoms with Gasteiger partial charge in [0, 0.05) is 13.1 Å². The van der Waals surface area contributed by atoms with Crippen LogP contribution in [0.15, 0.2) is 0 Å². The first kappa shape index (κ1) is 15.0. The lowest BCUT2D eigenvalue weighted by Crippen LogP contribution is -2.44. The Labute approximate surface area is 108 Å². The zero-order valence-electron chi connectivity index (χ0n) is 11.8. The van der Waals surface area contributed by atoms with E-state index in [1.807, 2.05) is 0 Å². The van der Waals surface area contributed by atoms with Gasteiger partial charge in [0.05, 0.1) is 12.2 Å². The van der Waals surface area contributed by atoms with Crippen molar-refractivity contribution in [3.05, 3.63) is 0 Å². The lowest BCUT2D eigenvalue weighted by molar-refractivity contribution is -0.0426. The van der Waals surface area contributed by atoms with E-state index in [4.69, 9.17) is 4.74 Å². The molecule has 1 aliphatic rings. The molecule has 1 rings (SSSR count). The van der Waals surface area contributed by atoms with E-state index in [1.54, 1.807) is 0 Å². The molecule has 1 heterocycles. The van der Waals surface area contributed by atoms with Crippen molar-refractivity contribution in [3.63, 3.8) is 0 Å². The molecular weight excluding hydrogens is 210 g/mol. The molecule has 2 atom stereocenters. The van der Waals surface area contributed by atoms with Gasteiger partial charge in [-0.3, -0.25) is 0 Å². The molecule has 0 aromatic carbocycles. The molecule has 1 saturated heterocycles. The lowest BCUT2D eigenvalue weighted by atomic mass is 10.1. The van der Waals surface area contributed by atoms with E-state index in [-0.39, 0.29) is 0 Å². The van der Waals surface area contributed by atoms with Gasteiger partial charge < -0.3 is 10.1 Å². The molecule has 0 saturated carbocycles. The number of ether oxygens (including phenoxy) is 1. The number of morpholine rings is 1. The average molecular weight is 241 g/mol. The Bertz CT molecular complexity index is 172. The highest BCUT2D eigenvalue weighted by atomic mass is 16.5. The first-order valence-electron chi connectivity index (χ1n) is 7.73. The summed E-state index contributed by atoms with van der Waals surface area (Å²) in [6.45, 7) is 6.59. The van der Waals surface area contributed by atoms with Crippen LogP contribution in [0.4, 0.5) is 0 Å². The smallest absolute Gasteiger partial charge is 0.0703 e. The molecule has 1 aliphatic heterocycles. The Kier molecular flexibility index (Phi) is 8.72. The fourth-order valence-corrected chi connectivity index (χ4v) is 2.51. The number of unbranched alkanes of at least 4 members (excludes halogenated alkanes) is 6. The molecule has 102 valence electrons. The summed E-state index contributed by atoms with van der Waals surface area (Å²) in [6, 6.07) is 0. The highest BCUT2D eigenvalue weighted by Gasteiger charge is 2.19. The zero-order chi connectivity index (χ0) is 12.3. The maximum atomic E-state index is 6.02. The van der Waals surface area contributed by atoms with Crippen molar-refractivity contribution >= 4 is 0 Å². The van der Waals surface area contributed by atoms with Gasteiger partial charge in [-0.05, 0) is 12.8 Å². The quantitative estimate of drug-likeness (QED) is 0.618. The maximum Gasteiger partial charge on any atom is 0.0703 e. The van der Waals surface area contributed by atoms with E-state index < -0.39 is 0 Å². The summed E-state index contributed by atoms with van der Waals surface area (Å²) in [5.41, 5.74) is 0. The van der Waals surface area contributed by atoms with E-state index in [0.29, 0.717) is 12.2 Å². The lowest BCUT2D eigenvalue weighted by Gasteiger charge is -2.30. The standard InChI is InChI=1S/C15H31NO/c1-3-5-6-7-8-9-10-11-15-13-16-12-14(4-2)17-15/h14-16H,3-13H2,1-2H3. The third-order valence-electron chi connectivity index (χ3n) is 3.71. The Morgan fingerprint density at radius 1 is 0.882 bits per heavy atom. The predicted molar refractivity (Wildman–Crippen MR) is 74.4 cm³/mol. The number of rotatable bonds is 9. The Morgan fingerprint density at radius 3 is 2.24 bits per heavy atom. The van der Waals surface area contributed by atoms with Crippen molar-refractivity contribution in [2.45, 2.75) is 83.8 Å². The summed E-state index contributed by atoms with van der Waals surface area (Å²) in [6.07, 6.45) is 13.1. The zero-order valence-corrected chi connectivity index (χ0v) is 11.8. The van der Waals surface area contributed by atoms with Crippen LogP contribution in [0.1, 0.15) is 71.6 Å². The van der Waals surface area contributed by atoms with Gasteiger partial charge in [-0.1, -0.05) is 58.8 Å². The second-order valence-electron chi connectivity index (χ2n) is 5.36. The van der Waals surface area contributed by atoms with E-state index >= 15 is 0 Å². The van der Waals surface area contributed by atoms with Crippen molar-refractivity contribution in [1.82, 2.24) is 5.32 Å². The van der Waals surface area contributed by atoms with Gasteiger partial charge >= 0.3 is 0 Å². The molecule has 0 radical (unpaired) electrons. The van der Waals surface area contributed by atoms with Gasteiger partial charge in [0.25, 0.3) is 0 Å². The number of nitrogens with one attached hydrogen (secondary N) is 1. The van der Waals surface area contributed by atoms with E-state index in [2.05, 4.69) is 19.2 Å². The van der Waals surface area contributed by atoms with Crippen molar-refractivity contribution in [1.29, 1.82) is 0 Å². The van der Waals surface area contributed by atoms with Gasteiger partial charge in [-0.15, -0.1) is 0 Å². The summed E-state index contributed by atoms with van der Waals surface area (Å²) in [5.74, 6) is 0. The van der Waals surface area contributed by atoms with Gasteiger partial charge in [-0.2, -0.15) is 0 Å². The summed E-state index contributed by atoms with van der Waals surface area (Å²) in [4.78, 5) is 0. The monoisotopic (exact) mass is 241 g/mol. The minimum atomic E-state index is 0.457. The normalized spacial score (nSPS) is 25.1. The summed E-state index contributed by atoms with van der Waals surface area (Å²) >= 11 is 0. The van der Waals surface area contributed by atoms with E-state index in [9.17, 15) is 0 Å². The van der Waals surface area contributed by atoms with Crippen molar-refractivity contribution in [3.8, 4) is 0 Å². The molecule has 0 aromatic rings. The number of hydrogen-bond acceptors (Lipinski definition) is 2. The molecular formula is C15H31NO. The van der Waals surface area contributed by atoms with Gasteiger partial charge in [0.2, 0.25) is 0 Å². The Balaban J connectivity index is 1.91. The van der Waals surface area contributed by atoms with Crippen molar-refractivity contribution in [2.75, 3.05) is 13.1 Å². The average Bonchev–Trinajstić information content (AvgIpc) is 2.38. The molecule has 0 aromatic heterocycles. The summed E-state index contributed by atoms with van der Waals surface area (Å²) in [5, 5.41) is 3.48. The van der Waals surface area contributed by atoms with Crippen molar-refractivity contribution in [2.24, 2.45) is 0 Å². The van der Waals surface area contributed by atoms with Crippen LogP contribution in [0.2, 0.25) is 0 Å². The van der Waals surface area contributed by atoms with Gasteiger partial charge in [0.15, 0.2) is 0 Å². The summed E-state index contributed by atoms with van der Waals surface area (Å²) in [7, 11) is 0. The molecule has 0 spiro atoms. The number of hydrogen-bond donors (Lipinski definition) is 1. The molecule has 1 fully saturated rings. The van der Waals surface area contributed by atoms with E-state index in [1.165, 1.54) is 51.4 Å². The minimum absolute atomic E-state index is 0.457. The van der Waals surface area contributed by atoms with Crippen LogP contribution < -0.4 is 5.32 Å². The third kappa shape index (κ3) is 7.05. The topological polar surface area (TPSA) is 21.3 Å². The van der Waals surface area contributed by atoms with Crippen LogP contribution in [-0.4, -0.2) is 25.3 Å². The van der Waals surface area contributed by atoms with Crippen LogP contribution in [0.3, 0.4) is 0 Å². The molecule has 2 heteroatoms. The molecule has 0 bridgehead atoms. The van der Waals surface area contributed by atoms with Crippen LogP contribution in [0.25, 0.3) is 0 Å². The molecule has 1 N–H and O–H groups in total. The Morgan fingerprint density at radius 2 is 1.53 bits per heavy atom. The largest absolute Gasteiger partial charge is 0.372 e. The first-order chi connectivity index (χ1) is 8.36. The molecule has 0 aliphatic carbocycles. The SMILES string of the molecule is CCCCCCCCCC1CNCC(CC)O1. The third-order valence-corrected chi connectivity index (χ3v) is 3.71. The van der Waals surface area contributed by atoms with Crippen LogP contribution in [-0.2, 0) is 4.74 Å². The fourth-order valence-electron chi connectivity index (χ4n) is 2.51. The molecule has 17 heavy (non-hydrogen) atoms. The van der Waals surface area contributed by atoms with Gasteiger partial charge in [-0.25, -0.2) is 0 Å². The van der Waals surface area contributed by atoms with Crippen LogP contribution in [0.5, 0.6) is 0 Å². The van der Waals surface area contributed by atoms with Crippen LogP contribution in [0, 0.1) is 0 Å². The minimum Gasteiger partial charge on any atom is -0.372 e. The second kappa shape index (κ2) is 9.90. The second-order valence-corrected chi connectivity index (χ2v) is 5.36. The van der Waals surface area contributed by atoms with Gasteiger partial charge in [0.1, 0.15) is 0 Å². The molecule has 2 nitrogen and oxygen atoms in total. The highest BCUT2D eigenvalue weighted by Crippen LogP contribution is 2.14. The Hall–Kier alpha value is -0.0800. The summed E-state index contributed by atoms with van der Waals surface area (Å²) < 4.78 is 6.02. The van der Waals surface area contributed by atoms with Crippen molar-refractivity contribution < 1.29 is 4.74 Å². The van der Waals surface area contributed by atoms with Crippen LogP contribution >= 0.6 is 0 Å². The molecule has 2 unspecified atom stereocenters. The predicted octanol–water partition coefficient (Wildman–Crippen LogP) is 3.89. The molecule has 0 amide bonds. The first-order valence-corrected chi connectivity index (χ1v) is 7.73.